The Morgan fingerprint density at radius 2 is 2.29 bits per heavy atom. The van der Waals surface area contributed by atoms with E-state index in [0.29, 0.717) is 17.1 Å². The SMILES string of the molecule is Cc1nscc1C(=O)[C@@H](C#N)c1nnc2n1CCCCC2. The molecule has 0 fully saturated rings. The molecule has 0 aromatic carbocycles. The minimum atomic E-state index is -0.903. The van der Waals surface area contributed by atoms with Gasteiger partial charge >= 0.3 is 0 Å². The summed E-state index contributed by atoms with van der Waals surface area (Å²) in [5, 5.41) is 19.4. The first-order valence-corrected chi connectivity index (χ1v) is 7.83. The molecule has 0 amide bonds. The molecule has 0 saturated carbocycles. The van der Waals surface area contributed by atoms with E-state index in [4.69, 9.17) is 0 Å². The Morgan fingerprint density at radius 1 is 1.43 bits per heavy atom. The van der Waals surface area contributed by atoms with E-state index in [2.05, 4.69) is 20.6 Å². The van der Waals surface area contributed by atoms with E-state index in [1.54, 1.807) is 12.3 Å². The third-order valence-corrected chi connectivity index (χ3v) is 4.52. The average molecular weight is 301 g/mol. The molecule has 1 aliphatic rings. The first-order chi connectivity index (χ1) is 10.2. The van der Waals surface area contributed by atoms with Crippen LogP contribution in [-0.2, 0) is 13.0 Å². The number of fused-ring (bicyclic) bond motifs is 1. The largest absolute Gasteiger partial charge is 0.313 e. The first kappa shape index (κ1) is 13.9. The smallest absolute Gasteiger partial charge is 0.190 e. The second-order valence-electron chi connectivity index (χ2n) is 5.18. The lowest BCUT2D eigenvalue weighted by atomic mass is 9.99. The normalized spacial score (nSPS) is 15.8. The monoisotopic (exact) mass is 301 g/mol. The summed E-state index contributed by atoms with van der Waals surface area (Å²) in [7, 11) is 0. The van der Waals surface area contributed by atoms with Gasteiger partial charge in [-0.1, -0.05) is 6.42 Å². The second kappa shape index (κ2) is 5.74. The van der Waals surface area contributed by atoms with E-state index < -0.39 is 5.92 Å². The van der Waals surface area contributed by atoms with Crippen LogP contribution in [-0.4, -0.2) is 24.9 Å². The fourth-order valence-electron chi connectivity index (χ4n) is 2.64. The van der Waals surface area contributed by atoms with Crippen LogP contribution in [0, 0.1) is 18.3 Å². The van der Waals surface area contributed by atoms with Gasteiger partial charge in [-0.25, -0.2) is 0 Å². The molecule has 0 radical (unpaired) electrons. The van der Waals surface area contributed by atoms with Crippen molar-refractivity contribution in [2.24, 2.45) is 0 Å². The second-order valence-corrected chi connectivity index (χ2v) is 5.81. The highest BCUT2D eigenvalue weighted by molar-refractivity contribution is 7.04. The number of nitrogens with zero attached hydrogens (tertiary/aromatic N) is 5. The molecule has 6 nitrogen and oxygen atoms in total. The highest BCUT2D eigenvalue weighted by atomic mass is 32.1. The van der Waals surface area contributed by atoms with Crippen molar-refractivity contribution in [3.8, 4) is 6.07 Å². The van der Waals surface area contributed by atoms with Crippen LogP contribution in [0.1, 0.15) is 52.9 Å². The van der Waals surface area contributed by atoms with Crippen LogP contribution >= 0.6 is 11.5 Å². The molecular weight excluding hydrogens is 286 g/mol. The molecule has 1 atom stereocenters. The number of hydrogen-bond donors (Lipinski definition) is 0. The third kappa shape index (κ3) is 2.47. The van der Waals surface area contributed by atoms with E-state index in [-0.39, 0.29) is 5.78 Å². The van der Waals surface area contributed by atoms with Gasteiger partial charge in [0.25, 0.3) is 0 Å². The zero-order valence-corrected chi connectivity index (χ0v) is 12.6. The summed E-state index contributed by atoms with van der Waals surface area (Å²) in [5.74, 6) is 0.225. The van der Waals surface area contributed by atoms with E-state index in [9.17, 15) is 10.1 Å². The van der Waals surface area contributed by atoms with Gasteiger partial charge in [0.1, 0.15) is 5.82 Å². The van der Waals surface area contributed by atoms with Crippen molar-refractivity contribution in [1.29, 1.82) is 5.26 Å². The average Bonchev–Trinajstić information content (AvgIpc) is 3.00. The standard InChI is InChI=1S/C14H15N5OS/c1-9-11(8-21-18-9)13(20)10(7-15)14-17-16-12-5-3-2-4-6-19(12)14/h8,10H,2-6H2,1H3/t10-/m1/s1. The van der Waals surface area contributed by atoms with Crippen LogP contribution in [0.5, 0.6) is 0 Å². The van der Waals surface area contributed by atoms with Crippen LogP contribution in [0.4, 0.5) is 0 Å². The van der Waals surface area contributed by atoms with Gasteiger partial charge in [0.2, 0.25) is 0 Å². The number of nitriles is 1. The summed E-state index contributed by atoms with van der Waals surface area (Å²) in [6.45, 7) is 2.56. The number of rotatable bonds is 3. The first-order valence-electron chi connectivity index (χ1n) is 6.99. The zero-order chi connectivity index (χ0) is 14.8. The molecule has 0 unspecified atom stereocenters. The summed E-state index contributed by atoms with van der Waals surface area (Å²) in [6, 6.07) is 2.09. The van der Waals surface area contributed by atoms with E-state index in [1.165, 1.54) is 11.5 Å². The number of carbonyl (C=O) groups is 1. The molecule has 108 valence electrons. The lowest BCUT2D eigenvalue weighted by Crippen LogP contribution is -2.18. The van der Waals surface area contributed by atoms with Gasteiger partial charge in [0.15, 0.2) is 17.5 Å². The Morgan fingerprint density at radius 3 is 3.00 bits per heavy atom. The molecule has 2 aromatic heterocycles. The third-order valence-electron chi connectivity index (χ3n) is 3.80. The van der Waals surface area contributed by atoms with Gasteiger partial charge in [-0.05, 0) is 31.3 Å². The summed E-state index contributed by atoms with van der Waals surface area (Å²) >= 11 is 1.23. The van der Waals surface area contributed by atoms with Crippen LogP contribution in [0.3, 0.4) is 0 Å². The molecule has 21 heavy (non-hydrogen) atoms. The number of aromatic nitrogens is 4. The van der Waals surface area contributed by atoms with Gasteiger partial charge in [-0.2, -0.15) is 9.64 Å². The zero-order valence-electron chi connectivity index (χ0n) is 11.7. The molecule has 0 spiro atoms. The molecule has 3 heterocycles. The Bertz CT molecular complexity index is 711. The summed E-state index contributed by atoms with van der Waals surface area (Å²) in [5.41, 5.74) is 1.18. The van der Waals surface area contributed by atoms with E-state index in [1.807, 2.05) is 4.57 Å². The van der Waals surface area contributed by atoms with Gasteiger partial charge in [-0.3, -0.25) is 4.79 Å². The molecular formula is C14H15N5OS. The number of aryl methyl sites for hydroxylation is 2. The maximum atomic E-state index is 12.6. The van der Waals surface area contributed by atoms with Crippen LogP contribution in [0.25, 0.3) is 0 Å². The lowest BCUT2D eigenvalue weighted by Gasteiger charge is -2.10. The highest BCUT2D eigenvalue weighted by Crippen LogP contribution is 2.24. The van der Waals surface area contributed by atoms with Crippen molar-refractivity contribution in [1.82, 2.24) is 19.1 Å². The number of hydrogen-bond acceptors (Lipinski definition) is 6. The maximum absolute atomic E-state index is 12.6. The Balaban J connectivity index is 1.98. The van der Waals surface area contributed by atoms with Crippen molar-refractivity contribution >= 4 is 17.3 Å². The van der Waals surface area contributed by atoms with E-state index in [0.717, 1.165) is 38.1 Å². The van der Waals surface area contributed by atoms with Crippen LogP contribution in [0.15, 0.2) is 5.38 Å². The lowest BCUT2D eigenvalue weighted by molar-refractivity contribution is 0.0974. The molecule has 3 rings (SSSR count). The maximum Gasteiger partial charge on any atom is 0.190 e. The molecule has 1 aliphatic heterocycles. The van der Waals surface area contributed by atoms with Gasteiger partial charge in [0.05, 0.1) is 17.3 Å². The Hall–Kier alpha value is -2.07. The van der Waals surface area contributed by atoms with Crippen LogP contribution in [0.2, 0.25) is 0 Å². The van der Waals surface area contributed by atoms with Gasteiger partial charge in [0, 0.05) is 18.3 Å². The fourth-order valence-corrected chi connectivity index (χ4v) is 3.34. The predicted octanol–water partition coefficient (Wildman–Crippen LogP) is 2.26. The van der Waals surface area contributed by atoms with Gasteiger partial charge in [-0.15, -0.1) is 10.2 Å². The van der Waals surface area contributed by atoms with Crippen molar-refractivity contribution in [2.45, 2.75) is 45.1 Å². The Labute approximate surface area is 126 Å². The minimum absolute atomic E-state index is 0.233. The van der Waals surface area contributed by atoms with Crippen LogP contribution < -0.4 is 0 Å². The topological polar surface area (TPSA) is 84.5 Å². The molecule has 0 saturated heterocycles. The molecule has 0 bridgehead atoms. The van der Waals surface area contributed by atoms with E-state index >= 15 is 0 Å². The molecule has 0 aliphatic carbocycles. The summed E-state index contributed by atoms with van der Waals surface area (Å²) < 4.78 is 6.06. The van der Waals surface area contributed by atoms with Crippen molar-refractivity contribution in [3.05, 3.63) is 28.3 Å². The predicted molar refractivity (Wildman–Crippen MR) is 77.1 cm³/mol. The number of ketones is 1. The van der Waals surface area contributed by atoms with Gasteiger partial charge < -0.3 is 4.57 Å². The number of carbonyl (C=O) groups excluding carboxylic acids is 1. The highest BCUT2D eigenvalue weighted by Gasteiger charge is 2.30. The molecule has 2 aromatic rings. The Kier molecular flexibility index (Phi) is 3.80. The molecule has 0 N–H and O–H groups in total. The molecule has 7 heteroatoms. The fraction of sp³-hybridized carbons (Fsp3) is 0.500. The van der Waals surface area contributed by atoms with Crippen molar-refractivity contribution < 1.29 is 4.79 Å². The van der Waals surface area contributed by atoms with Crippen molar-refractivity contribution in [2.75, 3.05) is 0 Å². The van der Waals surface area contributed by atoms with Crippen molar-refractivity contribution in [3.63, 3.8) is 0 Å². The number of Topliss-reactive ketones (excluding diaryl/α,β-unsaturated/α-hetero) is 1. The summed E-state index contributed by atoms with van der Waals surface area (Å²) in [6.07, 6.45) is 4.11. The quantitative estimate of drug-likeness (QED) is 0.812. The summed E-state index contributed by atoms with van der Waals surface area (Å²) in [4.78, 5) is 12.6. The minimum Gasteiger partial charge on any atom is -0.313 e.